The summed E-state index contributed by atoms with van der Waals surface area (Å²) in [7, 11) is 0. The Morgan fingerprint density at radius 2 is 1.56 bits per heavy atom. The molecule has 1 saturated heterocycles. The lowest BCUT2D eigenvalue weighted by molar-refractivity contribution is 0.0864. The van der Waals surface area contributed by atoms with Gasteiger partial charge < -0.3 is 10.6 Å². The van der Waals surface area contributed by atoms with Gasteiger partial charge in [-0.2, -0.15) is 0 Å². The lowest BCUT2D eigenvalue weighted by Gasteiger charge is -2.46. The predicted octanol–water partition coefficient (Wildman–Crippen LogP) is 5.43. The van der Waals surface area contributed by atoms with Crippen molar-refractivity contribution in [2.45, 2.75) is 64.6 Å². The summed E-state index contributed by atoms with van der Waals surface area (Å²) in [4.78, 5) is 12.8. The van der Waals surface area contributed by atoms with Crippen LogP contribution in [-0.2, 0) is 6.54 Å². The van der Waals surface area contributed by atoms with E-state index in [0.29, 0.717) is 12.3 Å². The molecule has 0 amide bonds. The highest BCUT2D eigenvalue weighted by Gasteiger charge is 2.38. The fourth-order valence-electron chi connectivity index (χ4n) is 4.63. The number of piperidine rings is 1. The summed E-state index contributed by atoms with van der Waals surface area (Å²) >= 11 is 0. The summed E-state index contributed by atoms with van der Waals surface area (Å²) in [5.41, 5.74) is 3.28. The highest BCUT2D eigenvalue weighted by molar-refractivity contribution is 5.96. The van der Waals surface area contributed by atoms with Gasteiger partial charge in [-0.25, -0.2) is 0 Å². The molecule has 3 nitrogen and oxygen atoms in total. The smallest absolute Gasteiger partial charge is 0.163 e. The molecule has 1 aliphatic rings. The topological polar surface area (TPSA) is 41.1 Å². The van der Waals surface area contributed by atoms with E-state index in [4.69, 9.17) is 0 Å². The predicted molar refractivity (Wildman–Crippen MR) is 113 cm³/mol. The van der Waals surface area contributed by atoms with Crippen LogP contribution in [0.1, 0.15) is 62.9 Å². The minimum Gasteiger partial charge on any atom is -0.381 e. The normalized spacial score (nSPS) is 18.8. The Hall–Kier alpha value is -2.13. The lowest BCUT2D eigenvalue weighted by Crippen LogP contribution is -2.57. The van der Waals surface area contributed by atoms with Gasteiger partial charge in [-0.15, -0.1) is 0 Å². The van der Waals surface area contributed by atoms with Crippen molar-refractivity contribution >= 4 is 11.5 Å². The van der Waals surface area contributed by atoms with Crippen molar-refractivity contribution in [1.82, 2.24) is 5.32 Å². The summed E-state index contributed by atoms with van der Waals surface area (Å²) in [5.74, 6) is 0.694. The molecule has 2 aromatic rings. The Bertz CT molecular complexity index is 747. The molecule has 0 spiro atoms. The highest BCUT2D eigenvalue weighted by atomic mass is 16.1. The lowest BCUT2D eigenvalue weighted by atomic mass is 9.74. The third kappa shape index (κ3) is 5.67. The molecule has 0 saturated carbocycles. The quantitative estimate of drug-likeness (QED) is 0.672. The number of rotatable bonds is 6. The van der Waals surface area contributed by atoms with Crippen molar-refractivity contribution in [3.05, 3.63) is 65.7 Å². The highest BCUT2D eigenvalue weighted by Crippen LogP contribution is 2.35. The number of anilines is 1. The maximum absolute atomic E-state index is 12.8. The van der Waals surface area contributed by atoms with Crippen molar-refractivity contribution < 1.29 is 4.79 Å². The van der Waals surface area contributed by atoms with Gasteiger partial charge in [0.2, 0.25) is 0 Å². The molecule has 0 atom stereocenters. The molecule has 3 heteroatoms. The minimum absolute atomic E-state index is 0.0830. The van der Waals surface area contributed by atoms with Crippen molar-refractivity contribution in [3.63, 3.8) is 0 Å². The van der Waals surface area contributed by atoms with Crippen LogP contribution in [0.25, 0.3) is 0 Å². The van der Waals surface area contributed by atoms with E-state index in [0.717, 1.165) is 30.6 Å². The van der Waals surface area contributed by atoms with Crippen molar-refractivity contribution in [2.24, 2.45) is 5.92 Å². The van der Waals surface area contributed by atoms with Crippen LogP contribution in [0, 0.1) is 5.92 Å². The minimum atomic E-state index is 0.0830. The summed E-state index contributed by atoms with van der Waals surface area (Å²) in [6.45, 7) is 9.70. The second-order valence-electron chi connectivity index (χ2n) is 9.21. The molecule has 2 aromatic carbocycles. The molecule has 1 aliphatic heterocycles. The number of benzene rings is 2. The largest absolute Gasteiger partial charge is 0.381 e. The van der Waals surface area contributed by atoms with Crippen LogP contribution in [0.2, 0.25) is 0 Å². The number of Topliss-reactive ketones (excluding diaryl/α,β-unsaturated/α-hetero) is 1. The molecule has 0 radical (unpaired) electrons. The van der Waals surface area contributed by atoms with Crippen LogP contribution in [0.3, 0.4) is 0 Å². The summed E-state index contributed by atoms with van der Waals surface area (Å²) in [6, 6.07) is 18.2. The van der Waals surface area contributed by atoms with Gasteiger partial charge in [0.05, 0.1) is 0 Å². The fourth-order valence-corrected chi connectivity index (χ4v) is 4.63. The molecular formula is C24H32N2O. The van der Waals surface area contributed by atoms with E-state index < -0.39 is 0 Å². The van der Waals surface area contributed by atoms with Crippen LogP contribution in [-0.4, -0.2) is 16.9 Å². The van der Waals surface area contributed by atoms with Gasteiger partial charge in [0.1, 0.15) is 0 Å². The fraction of sp³-hybridized carbons (Fsp3) is 0.458. The molecular weight excluding hydrogens is 332 g/mol. The van der Waals surface area contributed by atoms with Gasteiger partial charge in [-0.05, 0) is 64.2 Å². The molecule has 1 heterocycles. The maximum Gasteiger partial charge on any atom is 0.163 e. The van der Waals surface area contributed by atoms with E-state index in [1.165, 1.54) is 5.56 Å². The summed E-state index contributed by atoms with van der Waals surface area (Å²) in [5, 5.41) is 7.09. The summed E-state index contributed by atoms with van der Waals surface area (Å²) in [6.07, 6.45) is 2.72. The van der Waals surface area contributed by atoms with Crippen LogP contribution >= 0.6 is 0 Å². The first kappa shape index (κ1) is 19.6. The van der Waals surface area contributed by atoms with E-state index in [2.05, 4.69) is 62.6 Å². The Morgan fingerprint density at radius 1 is 0.963 bits per heavy atom. The van der Waals surface area contributed by atoms with E-state index in [9.17, 15) is 4.79 Å². The van der Waals surface area contributed by atoms with E-state index >= 15 is 0 Å². The second-order valence-corrected chi connectivity index (χ2v) is 9.21. The van der Waals surface area contributed by atoms with Gasteiger partial charge in [0.15, 0.2) is 5.78 Å². The zero-order valence-electron chi connectivity index (χ0n) is 17.0. The first-order valence-corrected chi connectivity index (χ1v) is 9.93. The molecule has 0 aromatic heterocycles. The van der Waals surface area contributed by atoms with Crippen LogP contribution in [0.5, 0.6) is 0 Å². The van der Waals surface area contributed by atoms with Gasteiger partial charge in [0, 0.05) is 35.3 Å². The number of carbonyl (C=O) groups excluding carboxylic acids is 1. The Morgan fingerprint density at radius 3 is 2.15 bits per heavy atom. The zero-order chi connectivity index (χ0) is 19.5. The SMILES string of the molecule is CC1(C)CC(CC(=O)c2ccc(CNc3ccccc3)cc2)CC(C)(C)N1. The first-order valence-electron chi connectivity index (χ1n) is 9.93. The maximum atomic E-state index is 12.8. The zero-order valence-corrected chi connectivity index (χ0v) is 17.0. The Balaban J connectivity index is 1.57. The third-order valence-corrected chi connectivity index (χ3v) is 5.30. The molecule has 0 bridgehead atoms. The number of carbonyl (C=O) groups is 1. The number of para-hydroxylation sites is 1. The summed E-state index contributed by atoms with van der Waals surface area (Å²) < 4.78 is 0. The molecule has 2 N–H and O–H groups in total. The number of hydrogen-bond donors (Lipinski definition) is 2. The average Bonchev–Trinajstić information content (AvgIpc) is 2.58. The first-order chi connectivity index (χ1) is 12.7. The number of ketones is 1. The molecule has 144 valence electrons. The number of hydrogen-bond acceptors (Lipinski definition) is 3. The number of nitrogens with one attached hydrogen (secondary N) is 2. The van der Waals surface area contributed by atoms with Crippen molar-refractivity contribution in [2.75, 3.05) is 5.32 Å². The van der Waals surface area contributed by atoms with E-state index in [1.807, 2.05) is 30.3 Å². The van der Waals surface area contributed by atoms with Crippen molar-refractivity contribution in [1.29, 1.82) is 0 Å². The van der Waals surface area contributed by atoms with Crippen molar-refractivity contribution in [3.8, 4) is 0 Å². The average molecular weight is 365 g/mol. The van der Waals surface area contributed by atoms with Gasteiger partial charge in [-0.3, -0.25) is 4.79 Å². The molecule has 0 aliphatic carbocycles. The Labute approximate surface area is 163 Å². The van der Waals surface area contributed by atoms with Gasteiger partial charge >= 0.3 is 0 Å². The molecule has 3 rings (SSSR count). The van der Waals surface area contributed by atoms with Crippen LogP contribution in [0.15, 0.2) is 54.6 Å². The van der Waals surface area contributed by atoms with Gasteiger partial charge in [-0.1, -0.05) is 42.5 Å². The van der Waals surface area contributed by atoms with E-state index in [-0.39, 0.29) is 16.9 Å². The van der Waals surface area contributed by atoms with Crippen LogP contribution in [0.4, 0.5) is 5.69 Å². The standard InChI is InChI=1S/C24H32N2O/c1-23(2)15-19(16-24(3,4)26-23)14-22(27)20-12-10-18(11-13-20)17-25-21-8-6-5-7-9-21/h5-13,19,25-26H,14-17H2,1-4H3. The molecule has 27 heavy (non-hydrogen) atoms. The molecule has 0 unspecified atom stereocenters. The Kier molecular flexibility index (Phi) is 5.71. The van der Waals surface area contributed by atoms with Gasteiger partial charge in [0.25, 0.3) is 0 Å². The van der Waals surface area contributed by atoms with Crippen LogP contribution < -0.4 is 10.6 Å². The monoisotopic (exact) mass is 364 g/mol. The second kappa shape index (κ2) is 7.85. The van der Waals surface area contributed by atoms with E-state index in [1.54, 1.807) is 0 Å². The third-order valence-electron chi connectivity index (χ3n) is 5.30. The molecule has 1 fully saturated rings.